The van der Waals surface area contributed by atoms with Crippen molar-refractivity contribution in [3.63, 3.8) is 0 Å². The minimum absolute atomic E-state index is 0.0190. The Morgan fingerprint density at radius 2 is 1.76 bits per heavy atom. The maximum atomic E-state index is 13.0. The Balaban J connectivity index is 2.12. The van der Waals surface area contributed by atoms with Gasteiger partial charge in [-0.25, -0.2) is 3.97 Å². The Bertz CT molecular complexity index is 1340. The predicted octanol–water partition coefficient (Wildman–Crippen LogP) is 2.60. The Hall–Kier alpha value is -3.63. The molecule has 0 saturated carbocycles. The Morgan fingerprint density at radius 3 is 2.44 bits per heavy atom. The number of nitrogens with one attached hydrogen (secondary N) is 2. The molecule has 0 bridgehead atoms. The quantitative estimate of drug-likeness (QED) is 0.454. The second-order valence-corrected chi connectivity index (χ2v) is 9.68. The van der Waals surface area contributed by atoms with Crippen LogP contribution < -0.4 is 15.4 Å². The number of carbonyl (C=O) groups is 2. The monoisotopic (exact) mass is 484 g/mol. The molecule has 9 nitrogen and oxygen atoms in total. The summed E-state index contributed by atoms with van der Waals surface area (Å²) in [7, 11) is 0.526. The van der Waals surface area contributed by atoms with E-state index in [1.54, 1.807) is 48.5 Å². The van der Waals surface area contributed by atoms with Gasteiger partial charge in [0.2, 0.25) is 0 Å². The number of amides is 2. The van der Waals surface area contributed by atoms with E-state index in [1.807, 2.05) is 6.92 Å². The van der Waals surface area contributed by atoms with E-state index in [-0.39, 0.29) is 11.3 Å². The van der Waals surface area contributed by atoms with E-state index in [1.165, 1.54) is 33.5 Å². The van der Waals surface area contributed by atoms with Crippen molar-refractivity contribution in [2.24, 2.45) is 0 Å². The molecule has 0 fully saturated rings. The van der Waals surface area contributed by atoms with Gasteiger partial charge in [0.1, 0.15) is 11.4 Å². The zero-order valence-electron chi connectivity index (χ0n) is 19.5. The fourth-order valence-corrected chi connectivity index (χ4v) is 4.33. The molecule has 34 heavy (non-hydrogen) atoms. The summed E-state index contributed by atoms with van der Waals surface area (Å²) >= 11 is 0. The van der Waals surface area contributed by atoms with Gasteiger partial charge in [-0.1, -0.05) is 37.3 Å². The lowest BCUT2D eigenvalue weighted by molar-refractivity contribution is -0.117. The average molecular weight is 485 g/mol. The van der Waals surface area contributed by atoms with Crippen molar-refractivity contribution in [1.82, 2.24) is 18.9 Å². The molecule has 0 aliphatic carbocycles. The van der Waals surface area contributed by atoms with Gasteiger partial charge in [-0.3, -0.25) is 9.59 Å². The number of nitrogens with zero attached hydrogens (tertiary/aromatic N) is 2. The highest BCUT2D eigenvalue weighted by atomic mass is 32.2. The molecular weight excluding hydrogens is 456 g/mol. The molecule has 0 saturated heterocycles. The molecule has 180 valence electrons. The zero-order valence-corrected chi connectivity index (χ0v) is 20.3. The van der Waals surface area contributed by atoms with Gasteiger partial charge >= 0.3 is 10.2 Å². The van der Waals surface area contributed by atoms with Crippen molar-refractivity contribution in [2.75, 3.05) is 27.7 Å². The van der Waals surface area contributed by atoms with Crippen LogP contribution in [0.2, 0.25) is 0 Å². The third kappa shape index (κ3) is 5.13. The van der Waals surface area contributed by atoms with Gasteiger partial charge in [0.25, 0.3) is 11.8 Å². The number of aromatic nitrogens is 1. The molecule has 0 atom stereocenters. The average Bonchev–Trinajstić information content (AvgIpc) is 3.21. The van der Waals surface area contributed by atoms with Gasteiger partial charge in [-0.05, 0) is 30.7 Å². The molecule has 1 aromatic heterocycles. The van der Waals surface area contributed by atoms with Crippen molar-refractivity contribution in [1.29, 1.82) is 0 Å². The highest BCUT2D eigenvalue weighted by molar-refractivity contribution is 7.87. The van der Waals surface area contributed by atoms with Crippen LogP contribution >= 0.6 is 0 Å². The fraction of sp³-hybridized carbons (Fsp3) is 0.250. The first-order valence-electron chi connectivity index (χ1n) is 10.7. The summed E-state index contributed by atoms with van der Waals surface area (Å²) in [6.07, 6.45) is 3.62. The minimum atomic E-state index is -3.81. The molecule has 2 amide bonds. The number of hydrogen-bond donors (Lipinski definition) is 2. The zero-order chi connectivity index (χ0) is 24.9. The highest BCUT2D eigenvalue weighted by Crippen LogP contribution is 2.26. The summed E-state index contributed by atoms with van der Waals surface area (Å²) < 4.78 is 33.2. The maximum absolute atomic E-state index is 13.0. The van der Waals surface area contributed by atoms with Gasteiger partial charge in [0.05, 0.1) is 18.2 Å². The molecule has 2 aromatic carbocycles. The van der Waals surface area contributed by atoms with Crippen LogP contribution in [0.1, 0.15) is 29.3 Å². The molecule has 3 aromatic rings. The number of carbonyl (C=O) groups excluding carboxylic acids is 2. The first kappa shape index (κ1) is 25.0. The van der Waals surface area contributed by atoms with Gasteiger partial charge in [0.15, 0.2) is 0 Å². The lowest BCUT2D eigenvalue weighted by Gasteiger charge is -2.13. The summed E-state index contributed by atoms with van der Waals surface area (Å²) in [5.74, 6) is -0.653. The van der Waals surface area contributed by atoms with Gasteiger partial charge in [0, 0.05) is 37.8 Å². The van der Waals surface area contributed by atoms with Crippen LogP contribution in [-0.4, -0.2) is 56.3 Å². The summed E-state index contributed by atoms with van der Waals surface area (Å²) in [4.78, 5) is 25.9. The SMILES string of the molecule is CCCNC(=O)C(=Cc1cn(S(=O)(=O)N(C)C)c2ccccc12)NC(=O)c1ccccc1OC. The Morgan fingerprint density at radius 1 is 1.09 bits per heavy atom. The van der Waals surface area contributed by atoms with E-state index in [0.717, 1.165) is 8.28 Å². The largest absolute Gasteiger partial charge is 0.496 e. The van der Waals surface area contributed by atoms with Crippen LogP contribution in [-0.2, 0) is 15.0 Å². The van der Waals surface area contributed by atoms with Gasteiger partial charge in [-0.15, -0.1) is 0 Å². The Kier molecular flexibility index (Phi) is 7.75. The smallest absolute Gasteiger partial charge is 0.307 e. The molecular formula is C24H28N4O5S. The first-order chi connectivity index (χ1) is 16.2. The second-order valence-electron chi connectivity index (χ2n) is 7.66. The maximum Gasteiger partial charge on any atom is 0.307 e. The van der Waals surface area contributed by atoms with E-state index in [2.05, 4.69) is 10.6 Å². The van der Waals surface area contributed by atoms with Crippen LogP contribution in [0.25, 0.3) is 17.0 Å². The topological polar surface area (TPSA) is 110 Å². The minimum Gasteiger partial charge on any atom is -0.496 e. The van der Waals surface area contributed by atoms with Crippen molar-refractivity contribution < 1.29 is 22.7 Å². The normalized spacial score (nSPS) is 12.1. The molecule has 3 rings (SSSR count). The molecule has 2 N–H and O–H groups in total. The molecule has 0 radical (unpaired) electrons. The third-order valence-corrected chi connectivity index (χ3v) is 6.82. The molecule has 0 spiro atoms. The number of rotatable bonds is 9. The summed E-state index contributed by atoms with van der Waals surface area (Å²) in [6, 6.07) is 13.6. The molecule has 0 aliphatic heterocycles. The van der Waals surface area contributed by atoms with Gasteiger partial charge < -0.3 is 15.4 Å². The number of para-hydroxylation sites is 2. The van der Waals surface area contributed by atoms with Crippen molar-refractivity contribution >= 4 is 39.0 Å². The van der Waals surface area contributed by atoms with Crippen LogP contribution in [0.3, 0.4) is 0 Å². The predicted molar refractivity (Wildman–Crippen MR) is 132 cm³/mol. The standard InChI is InChI=1S/C24H28N4O5S/c1-5-14-25-24(30)20(26-23(29)19-11-7-9-13-22(19)33-4)15-17-16-28(34(31,32)27(2)3)21-12-8-6-10-18(17)21/h6-13,15-16H,5,14H2,1-4H3,(H,25,30)(H,26,29). The van der Waals surface area contributed by atoms with Gasteiger partial charge in [-0.2, -0.15) is 12.7 Å². The van der Waals surface area contributed by atoms with E-state index < -0.39 is 22.0 Å². The van der Waals surface area contributed by atoms with Crippen LogP contribution in [0.4, 0.5) is 0 Å². The number of hydrogen-bond acceptors (Lipinski definition) is 5. The van der Waals surface area contributed by atoms with Crippen molar-refractivity contribution in [2.45, 2.75) is 13.3 Å². The summed E-state index contributed by atoms with van der Waals surface area (Å²) in [5, 5.41) is 6.03. The van der Waals surface area contributed by atoms with E-state index in [4.69, 9.17) is 4.74 Å². The number of fused-ring (bicyclic) bond motifs is 1. The van der Waals surface area contributed by atoms with E-state index in [9.17, 15) is 18.0 Å². The third-order valence-electron chi connectivity index (χ3n) is 5.10. The van der Waals surface area contributed by atoms with E-state index in [0.29, 0.717) is 35.2 Å². The lowest BCUT2D eigenvalue weighted by atomic mass is 10.1. The summed E-state index contributed by atoms with van der Waals surface area (Å²) in [6.45, 7) is 2.33. The lowest BCUT2D eigenvalue weighted by Crippen LogP contribution is -2.35. The Labute approximate surface area is 199 Å². The van der Waals surface area contributed by atoms with Crippen LogP contribution in [0.5, 0.6) is 5.75 Å². The molecule has 0 aliphatic rings. The molecule has 1 heterocycles. The van der Waals surface area contributed by atoms with Crippen LogP contribution in [0, 0.1) is 0 Å². The second kappa shape index (κ2) is 10.5. The van der Waals surface area contributed by atoms with Crippen molar-refractivity contribution in [3.8, 4) is 5.75 Å². The number of ether oxygens (including phenoxy) is 1. The summed E-state index contributed by atoms with van der Waals surface area (Å²) in [5.41, 5.74) is 1.15. The number of benzene rings is 2. The van der Waals surface area contributed by atoms with E-state index >= 15 is 0 Å². The molecule has 0 unspecified atom stereocenters. The van der Waals surface area contributed by atoms with Crippen molar-refractivity contribution in [3.05, 3.63) is 71.6 Å². The first-order valence-corrected chi connectivity index (χ1v) is 12.1. The fourth-order valence-electron chi connectivity index (χ4n) is 3.33. The number of methoxy groups -OCH3 is 1. The molecule has 10 heteroatoms. The highest BCUT2D eigenvalue weighted by Gasteiger charge is 2.22. The van der Waals surface area contributed by atoms with Crippen LogP contribution in [0.15, 0.2) is 60.4 Å².